The SMILES string of the molecule is CCOC(=O)C(F)[C@H](N)c1ccc(Br)c(Br)c1. The first-order valence-electron chi connectivity index (χ1n) is 4.98. The van der Waals surface area contributed by atoms with Crippen molar-refractivity contribution >= 4 is 37.8 Å². The molecule has 0 aliphatic carbocycles. The summed E-state index contributed by atoms with van der Waals surface area (Å²) >= 11 is 6.59. The second-order valence-electron chi connectivity index (χ2n) is 3.35. The highest BCUT2D eigenvalue weighted by Crippen LogP contribution is 2.27. The van der Waals surface area contributed by atoms with Crippen molar-refractivity contribution in [1.29, 1.82) is 0 Å². The fourth-order valence-corrected chi connectivity index (χ4v) is 1.90. The number of hydrogen-bond donors (Lipinski definition) is 1. The molecule has 1 aromatic carbocycles. The van der Waals surface area contributed by atoms with Crippen LogP contribution in [0.4, 0.5) is 4.39 Å². The van der Waals surface area contributed by atoms with E-state index in [1.807, 2.05) is 0 Å². The number of ether oxygens (including phenoxy) is 1. The number of benzene rings is 1. The van der Waals surface area contributed by atoms with Gasteiger partial charge in [-0.25, -0.2) is 9.18 Å². The highest BCUT2D eigenvalue weighted by atomic mass is 79.9. The van der Waals surface area contributed by atoms with Crippen LogP contribution in [0.2, 0.25) is 0 Å². The second-order valence-corrected chi connectivity index (χ2v) is 5.06. The maximum Gasteiger partial charge on any atom is 0.342 e. The van der Waals surface area contributed by atoms with Gasteiger partial charge in [0.1, 0.15) is 0 Å². The van der Waals surface area contributed by atoms with E-state index in [2.05, 4.69) is 36.6 Å². The Morgan fingerprint density at radius 3 is 2.65 bits per heavy atom. The predicted octanol–water partition coefficient (Wildman–Crippen LogP) is 3.11. The molecule has 0 radical (unpaired) electrons. The number of carbonyl (C=O) groups is 1. The second kappa shape index (κ2) is 6.47. The first kappa shape index (κ1) is 14.6. The van der Waals surface area contributed by atoms with Gasteiger partial charge >= 0.3 is 5.97 Å². The van der Waals surface area contributed by atoms with Crippen molar-refractivity contribution < 1.29 is 13.9 Å². The van der Waals surface area contributed by atoms with Crippen LogP contribution >= 0.6 is 31.9 Å². The van der Waals surface area contributed by atoms with Gasteiger partial charge in [-0.05, 0) is 56.5 Å². The van der Waals surface area contributed by atoms with Crippen LogP contribution in [-0.4, -0.2) is 18.7 Å². The zero-order valence-corrected chi connectivity index (χ0v) is 12.3. The maximum atomic E-state index is 13.7. The lowest BCUT2D eigenvalue weighted by molar-refractivity contribution is -0.149. The highest BCUT2D eigenvalue weighted by molar-refractivity contribution is 9.13. The summed E-state index contributed by atoms with van der Waals surface area (Å²) < 4.78 is 19.8. The van der Waals surface area contributed by atoms with Gasteiger partial charge in [0.15, 0.2) is 0 Å². The largest absolute Gasteiger partial charge is 0.464 e. The molecule has 0 amide bonds. The van der Waals surface area contributed by atoms with Crippen molar-refractivity contribution in [2.45, 2.75) is 19.1 Å². The Bertz CT molecular complexity index is 414. The molecule has 1 unspecified atom stereocenters. The van der Waals surface area contributed by atoms with Crippen LogP contribution in [0.3, 0.4) is 0 Å². The van der Waals surface area contributed by atoms with E-state index in [1.54, 1.807) is 25.1 Å². The molecule has 0 saturated carbocycles. The molecule has 1 aromatic rings. The summed E-state index contributed by atoms with van der Waals surface area (Å²) in [5.74, 6) is -0.931. The fraction of sp³-hybridized carbons (Fsp3) is 0.364. The predicted molar refractivity (Wildman–Crippen MR) is 70.3 cm³/mol. The van der Waals surface area contributed by atoms with Crippen LogP contribution in [-0.2, 0) is 9.53 Å². The first-order chi connectivity index (χ1) is 7.97. The average molecular weight is 369 g/mol. The molecule has 0 spiro atoms. The van der Waals surface area contributed by atoms with Gasteiger partial charge in [0.2, 0.25) is 6.17 Å². The standard InChI is InChI=1S/C11H12Br2FNO2/c1-2-17-11(16)9(14)10(15)6-3-4-7(12)8(13)5-6/h3-5,9-10H,2,15H2,1H3/t9?,10-/m1/s1. The number of alkyl halides is 1. The van der Waals surface area contributed by atoms with Crippen LogP contribution in [0.15, 0.2) is 27.1 Å². The molecule has 6 heteroatoms. The minimum atomic E-state index is -1.86. The van der Waals surface area contributed by atoms with Crippen LogP contribution in [0.1, 0.15) is 18.5 Å². The third kappa shape index (κ3) is 3.76. The monoisotopic (exact) mass is 367 g/mol. The van der Waals surface area contributed by atoms with Crippen molar-refractivity contribution in [1.82, 2.24) is 0 Å². The van der Waals surface area contributed by atoms with E-state index in [9.17, 15) is 9.18 Å². The minimum Gasteiger partial charge on any atom is -0.464 e. The molecular weight excluding hydrogens is 357 g/mol. The molecule has 0 aliphatic rings. The van der Waals surface area contributed by atoms with Gasteiger partial charge in [-0.2, -0.15) is 0 Å². The van der Waals surface area contributed by atoms with E-state index in [1.165, 1.54) is 0 Å². The summed E-state index contributed by atoms with van der Waals surface area (Å²) in [7, 11) is 0. The molecule has 0 saturated heterocycles. The van der Waals surface area contributed by atoms with Crippen molar-refractivity contribution in [3.63, 3.8) is 0 Å². The molecule has 2 atom stereocenters. The van der Waals surface area contributed by atoms with Gasteiger partial charge in [-0.1, -0.05) is 6.07 Å². The van der Waals surface area contributed by atoms with Gasteiger partial charge in [0, 0.05) is 8.95 Å². The molecule has 0 aromatic heterocycles. The van der Waals surface area contributed by atoms with E-state index in [4.69, 9.17) is 5.73 Å². The molecule has 0 bridgehead atoms. The Kier molecular flexibility index (Phi) is 5.55. The van der Waals surface area contributed by atoms with Gasteiger partial charge in [-0.15, -0.1) is 0 Å². The first-order valence-corrected chi connectivity index (χ1v) is 6.57. The Balaban J connectivity index is 2.84. The summed E-state index contributed by atoms with van der Waals surface area (Å²) in [6, 6.07) is 4.03. The van der Waals surface area contributed by atoms with Crippen LogP contribution in [0.5, 0.6) is 0 Å². The lowest BCUT2D eigenvalue weighted by Gasteiger charge is -2.16. The van der Waals surface area contributed by atoms with Crippen LogP contribution < -0.4 is 5.73 Å². The summed E-state index contributed by atoms with van der Waals surface area (Å²) in [5.41, 5.74) is 6.21. The number of carbonyl (C=O) groups excluding carboxylic acids is 1. The lowest BCUT2D eigenvalue weighted by Crippen LogP contribution is -2.31. The smallest absolute Gasteiger partial charge is 0.342 e. The zero-order valence-electron chi connectivity index (χ0n) is 9.12. The van der Waals surface area contributed by atoms with Crippen molar-refractivity contribution in [3.8, 4) is 0 Å². The van der Waals surface area contributed by atoms with E-state index in [0.717, 1.165) is 8.95 Å². The van der Waals surface area contributed by atoms with Gasteiger partial charge in [0.05, 0.1) is 12.6 Å². The molecular formula is C11H12Br2FNO2. The van der Waals surface area contributed by atoms with Crippen molar-refractivity contribution in [2.24, 2.45) is 5.73 Å². The molecule has 94 valence electrons. The summed E-state index contributed by atoms with van der Waals surface area (Å²) in [4.78, 5) is 11.2. The number of esters is 1. The van der Waals surface area contributed by atoms with E-state index in [0.29, 0.717) is 5.56 Å². The van der Waals surface area contributed by atoms with E-state index < -0.39 is 18.2 Å². The molecule has 17 heavy (non-hydrogen) atoms. The Labute approximate surface area is 116 Å². The molecule has 2 N–H and O–H groups in total. The van der Waals surface area contributed by atoms with E-state index in [-0.39, 0.29) is 6.61 Å². The van der Waals surface area contributed by atoms with Gasteiger partial charge in [0.25, 0.3) is 0 Å². The highest BCUT2D eigenvalue weighted by Gasteiger charge is 2.27. The van der Waals surface area contributed by atoms with Crippen molar-refractivity contribution in [3.05, 3.63) is 32.7 Å². The quantitative estimate of drug-likeness (QED) is 0.830. The minimum absolute atomic E-state index is 0.135. The summed E-state index contributed by atoms with van der Waals surface area (Å²) in [5, 5.41) is 0. The molecule has 0 heterocycles. The topological polar surface area (TPSA) is 52.3 Å². The number of nitrogens with two attached hydrogens (primary N) is 1. The molecule has 0 fully saturated rings. The number of hydrogen-bond acceptors (Lipinski definition) is 3. The van der Waals surface area contributed by atoms with Gasteiger partial charge in [-0.3, -0.25) is 0 Å². The summed E-state index contributed by atoms with van der Waals surface area (Å²) in [6.45, 7) is 1.75. The third-order valence-corrected chi connectivity index (χ3v) is 4.04. The summed E-state index contributed by atoms with van der Waals surface area (Å²) in [6.07, 6.45) is -1.86. The Hall–Kier alpha value is -0.460. The average Bonchev–Trinajstić information content (AvgIpc) is 2.31. The molecule has 1 rings (SSSR count). The lowest BCUT2D eigenvalue weighted by atomic mass is 10.0. The Morgan fingerprint density at radius 1 is 1.47 bits per heavy atom. The molecule has 3 nitrogen and oxygen atoms in total. The fourth-order valence-electron chi connectivity index (χ4n) is 1.26. The van der Waals surface area contributed by atoms with Crippen LogP contribution in [0.25, 0.3) is 0 Å². The van der Waals surface area contributed by atoms with Crippen LogP contribution in [0, 0.1) is 0 Å². The third-order valence-electron chi connectivity index (χ3n) is 2.16. The number of rotatable bonds is 4. The maximum absolute atomic E-state index is 13.7. The van der Waals surface area contributed by atoms with Gasteiger partial charge < -0.3 is 10.5 Å². The van der Waals surface area contributed by atoms with Crippen molar-refractivity contribution in [2.75, 3.05) is 6.61 Å². The van der Waals surface area contributed by atoms with E-state index >= 15 is 0 Å². The number of halogens is 3. The zero-order chi connectivity index (χ0) is 13.0. The molecule has 0 aliphatic heterocycles. The normalized spacial score (nSPS) is 14.2. The Morgan fingerprint density at radius 2 is 2.12 bits per heavy atom.